The minimum Gasteiger partial charge on any atom is -0.478 e. The summed E-state index contributed by atoms with van der Waals surface area (Å²) in [4.78, 5) is 38.2. The van der Waals surface area contributed by atoms with Gasteiger partial charge in [0.2, 0.25) is 5.91 Å². The average molecular weight is 675 g/mol. The Morgan fingerprint density at radius 3 is 2.10 bits per heavy atom. The smallest absolute Gasteiger partial charge is 0.418 e. The molecule has 3 aromatic carbocycles. The van der Waals surface area contributed by atoms with E-state index in [-0.39, 0.29) is 27.2 Å². The molecule has 2 amide bonds. The van der Waals surface area contributed by atoms with E-state index in [1.54, 1.807) is 19.1 Å². The SMILES string of the molecule is CCC(Sc1cccc(NC(=O)c2c(Cl)c(Cl)c(Cl)c(Cl)c2C(=O)O)c1)C(=O)Nc1ccc(Cl)cc1C(F)(F)F. The molecule has 0 spiro atoms. The second kappa shape index (κ2) is 13.1. The first-order valence-corrected chi connectivity index (χ1v) is 13.8. The third kappa shape index (κ3) is 7.29. The normalized spacial score (nSPS) is 12.1. The quantitative estimate of drug-likeness (QED) is 0.126. The number of thioether (sulfide) groups is 1. The molecule has 212 valence electrons. The average Bonchev–Trinajstić information content (AvgIpc) is 2.88. The topological polar surface area (TPSA) is 95.5 Å². The van der Waals surface area contributed by atoms with Crippen molar-refractivity contribution in [1.29, 1.82) is 0 Å². The molecule has 0 aliphatic carbocycles. The number of amides is 2. The highest BCUT2D eigenvalue weighted by Gasteiger charge is 2.35. The van der Waals surface area contributed by atoms with Crippen LogP contribution in [0.4, 0.5) is 24.5 Å². The maximum atomic E-state index is 13.4. The molecule has 3 N–H and O–H groups in total. The molecule has 1 unspecified atom stereocenters. The van der Waals surface area contributed by atoms with Gasteiger partial charge in [-0.15, -0.1) is 11.8 Å². The number of carbonyl (C=O) groups is 3. The number of halogens is 8. The van der Waals surface area contributed by atoms with Gasteiger partial charge in [0.25, 0.3) is 5.91 Å². The number of hydrogen-bond acceptors (Lipinski definition) is 4. The summed E-state index contributed by atoms with van der Waals surface area (Å²) in [5.41, 5.74) is -2.49. The highest BCUT2D eigenvalue weighted by Crippen LogP contribution is 2.42. The van der Waals surface area contributed by atoms with Gasteiger partial charge in [-0.05, 0) is 42.8 Å². The maximum absolute atomic E-state index is 13.4. The van der Waals surface area contributed by atoms with Crippen LogP contribution in [0.3, 0.4) is 0 Å². The van der Waals surface area contributed by atoms with E-state index in [2.05, 4.69) is 10.6 Å². The van der Waals surface area contributed by atoms with Gasteiger partial charge in [-0.3, -0.25) is 9.59 Å². The van der Waals surface area contributed by atoms with Crippen molar-refractivity contribution in [3.63, 3.8) is 0 Å². The largest absolute Gasteiger partial charge is 0.478 e. The molecule has 0 saturated carbocycles. The first-order chi connectivity index (χ1) is 18.6. The Labute approximate surface area is 255 Å². The number of benzene rings is 3. The second-order valence-corrected chi connectivity index (χ2v) is 11.2. The number of rotatable bonds is 8. The monoisotopic (exact) mass is 672 g/mol. The summed E-state index contributed by atoms with van der Waals surface area (Å²) in [6, 6.07) is 9.16. The summed E-state index contributed by atoms with van der Waals surface area (Å²) in [5.74, 6) is -3.19. The van der Waals surface area contributed by atoms with Crippen LogP contribution < -0.4 is 10.6 Å². The Bertz CT molecular complexity index is 1500. The second-order valence-electron chi connectivity index (χ2n) is 7.98. The first-order valence-electron chi connectivity index (χ1n) is 11.0. The summed E-state index contributed by atoms with van der Waals surface area (Å²) in [5, 5.41) is 11.9. The number of hydrogen-bond donors (Lipinski definition) is 3. The molecular formula is C25H16Cl5F3N2O4S. The highest BCUT2D eigenvalue weighted by atomic mass is 35.5. The fourth-order valence-corrected chi connectivity index (χ4v) is 5.65. The Kier molecular flexibility index (Phi) is 10.5. The van der Waals surface area contributed by atoms with E-state index in [0.29, 0.717) is 4.90 Å². The molecule has 3 rings (SSSR count). The summed E-state index contributed by atoms with van der Waals surface area (Å²) < 4.78 is 40.3. The van der Waals surface area contributed by atoms with Crippen LogP contribution in [0.15, 0.2) is 47.4 Å². The zero-order chi connectivity index (χ0) is 29.9. The fraction of sp³-hybridized carbons (Fsp3) is 0.160. The molecule has 1 atom stereocenters. The summed E-state index contributed by atoms with van der Waals surface area (Å²) in [6.45, 7) is 1.68. The van der Waals surface area contributed by atoms with Crippen molar-refractivity contribution in [1.82, 2.24) is 0 Å². The van der Waals surface area contributed by atoms with E-state index < -0.39 is 61.6 Å². The van der Waals surface area contributed by atoms with Crippen molar-refractivity contribution in [3.8, 4) is 0 Å². The van der Waals surface area contributed by atoms with E-state index in [1.807, 2.05) is 0 Å². The molecule has 0 fully saturated rings. The van der Waals surface area contributed by atoms with E-state index in [9.17, 15) is 32.7 Å². The predicted molar refractivity (Wildman–Crippen MR) is 153 cm³/mol. The number of alkyl halides is 3. The Hall–Kier alpha value is -2.34. The van der Waals surface area contributed by atoms with E-state index in [0.717, 1.165) is 23.9 Å². The van der Waals surface area contributed by atoms with Crippen LogP contribution in [0, 0.1) is 0 Å². The van der Waals surface area contributed by atoms with Crippen LogP contribution in [0.25, 0.3) is 0 Å². The van der Waals surface area contributed by atoms with Crippen LogP contribution in [0.5, 0.6) is 0 Å². The summed E-state index contributed by atoms with van der Waals surface area (Å²) >= 11 is 30.8. The predicted octanol–water partition coefficient (Wildman–Crippen LogP) is 9.43. The molecule has 40 heavy (non-hydrogen) atoms. The molecule has 3 aromatic rings. The van der Waals surface area contributed by atoms with Gasteiger partial charge >= 0.3 is 12.1 Å². The zero-order valence-corrected chi connectivity index (χ0v) is 24.5. The third-order valence-electron chi connectivity index (χ3n) is 5.29. The Morgan fingerprint density at radius 1 is 0.900 bits per heavy atom. The van der Waals surface area contributed by atoms with Crippen molar-refractivity contribution in [2.45, 2.75) is 29.7 Å². The van der Waals surface area contributed by atoms with Crippen molar-refractivity contribution >= 4 is 98.9 Å². The van der Waals surface area contributed by atoms with Crippen LogP contribution in [-0.2, 0) is 11.0 Å². The molecule has 0 aromatic heterocycles. The minimum absolute atomic E-state index is 0.134. The number of aromatic carboxylic acids is 1. The lowest BCUT2D eigenvalue weighted by atomic mass is 10.1. The van der Waals surface area contributed by atoms with E-state index in [4.69, 9.17) is 58.0 Å². The van der Waals surface area contributed by atoms with Crippen LogP contribution in [0.1, 0.15) is 39.6 Å². The van der Waals surface area contributed by atoms with Gasteiger partial charge in [-0.1, -0.05) is 71.0 Å². The van der Waals surface area contributed by atoms with Crippen molar-refractivity contribution in [3.05, 3.63) is 84.3 Å². The van der Waals surface area contributed by atoms with E-state index >= 15 is 0 Å². The van der Waals surface area contributed by atoms with Crippen molar-refractivity contribution in [2.75, 3.05) is 10.6 Å². The molecule has 0 heterocycles. The van der Waals surface area contributed by atoms with Crippen LogP contribution >= 0.6 is 69.8 Å². The Morgan fingerprint density at radius 2 is 1.52 bits per heavy atom. The lowest BCUT2D eigenvalue weighted by molar-refractivity contribution is -0.137. The molecule has 15 heteroatoms. The molecular weight excluding hydrogens is 659 g/mol. The third-order valence-corrected chi connectivity index (χ3v) is 8.68. The standard InChI is InChI=1S/C25H16Cl5F3N2O4S/c1-2-15(22(36)35-14-7-6-10(26)8-13(14)25(31,32)33)40-12-5-3-4-11(9-12)34-23(37)16-17(24(38)39)19(28)21(30)20(29)18(16)27/h3-9,15H,2H2,1H3,(H,34,37)(H,35,36)(H,38,39). The highest BCUT2D eigenvalue weighted by molar-refractivity contribution is 8.00. The number of anilines is 2. The zero-order valence-electron chi connectivity index (χ0n) is 19.9. The van der Waals surface area contributed by atoms with Gasteiger partial charge < -0.3 is 15.7 Å². The Balaban J connectivity index is 1.83. The van der Waals surface area contributed by atoms with Gasteiger partial charge in [-0.25, -0.2) is 4.79 Å². The fourth-order valence-electron chi connectivity index (χ4n) is 3.45. The minimum atomic E-state index is -4.74. The summed E-state index contributed by atoms with van der Waals surface area (Å²) in [7, 11) is 0. The maximum Gasteiger partial charge on any atom is 0.418 e. The van der Waals surface area contributed by atoms with Gasteiger partial charge in [0, 0.05) is 15.6 Å². The van der Waals surface area contributed by atoms with Gasteiger partial charge in [0.1, 0.15) is 0 Å². The number of carboxylic acids is 1. The lowest BCUT2D eigenvalue weighted by Gasteiger charge is -2.18. The van der Waals surface area contributed by atoms with Crippen molar-refractivity contribution < 1.29 is 32.7 Å². The van der Waals surface area contributed by atoms with Crippen molar-refractivity contribution in [2.24, 2.45) is 0 Å². The van der Waals surface area contributed by atoms with Crippen LogP contribution in [-0.4, -0.2) is 28.1 Å². The lowest BCUT2D eigenvalue weighted by Crippen LogP contribution is -2.26. The molecule has 0 aliphatic heterocycles. The first kappa shape index (κ1) is 32.2. The molecule has 6 nitrogen and oxygen atoms in total. The molecule has 0 aliphatic rings. The molecule has 0 radical (unpaired) electrons. The van der Waals surface area contributed by atoms with E-state index in [1.165, 1.54) is 18.2 Å². The van der Waals surface area contributed by atoms with Gasteiger partial charge in [0.15, 0.2) is 0 Å². The van der Waals surface area contributed by atoms with Gasteiger partial charge in [-0.2, -0.15) is 13.2 Å². The van der Waals surface area contributed by atoms with Crippen LogP contribution in [0.2, 0.25) is 25.1 Å². The van der Waals surface area contributed by atoms with Gasteiger partial charge in [0.05, 0.1) is 47.7 Å². The molecule has 0 bridgehead atoms. The number of carboxylic acid groups (broad SMARTS) is 1. The summed E-state index contributed by atoms with van der Waals surface area (Å²) in [6.07, 6.45) is -4.49. The molecule has 0 saturated heterocycles. The number of carbonyl (C=O) groups excluding carboxylic acids is 2. The number of nitrogens with one attached hydrogen (secondary N) is 2.